The SMILES string of the molecule is Fc1ccc(S[C@H]2CCNC2)cc1. The number of thioether (sulfide) groups is 1. The lowest BCUT2D eigenvalue weighted by atomic mass is 10.3. The van der Waals surface area contributed by atoms with Crippen molar-refractivity contribution in [1.82, 2.24) is 5.32 Å². The first-order chi connectivity index (χ1) is 6.34. The molecule has 0 unspecified atom stereocenters. The molecule has 0 aromatic heterocycles. The number of halogens is 1. The monoisotopic (exact) mass is 197 g/mol. The van der Waals surface area contributed by atoms with Crippen LogP contribution in [0.4, 0.5) is 4.39 Å². The fourth-order valence-corrected chi connectivity index (χ4v) is 2.55. The topological polar surface area (TPSA) is 12.0 Å². The molecule has 0 amide bonds. The number of hydrogen-bond acceptors (Lipinski definition) is 2. The molecule has 0 aliphatic carbocycles. The van der Waals surface area contributed by atoms with Crippen molar-refractivity contribution < 1.29 is 4.39 Å². The van der Waals surface area contributed by atoms with Crippen LogP contribution in [-0.2, 0) is 0 Å². The number of rotatable bonds is 2. The van der Waals surface area contributed by atoms with Crippen molar-refractivity contribution >= 4 is 11.8 Å². The summed E-state index contributed by atoms with van der Waals surface area (Å²) in [4.78, 5) is 1.16. The van der Waals surface area contributed by atoms with E-state index < -0.39 is 0 Å². The van der Waals surface area contributed by atoms with Crippen LogP contribution in [0, 0.1) is 5.82 Å². The second kappa shape index (κ2) is 4.11. The maximum absolute atomic E-state index is 12.6. The van der Waals surface area contributed by atoms with Gasteiger partial charge in [-0.3, -0.25) is 0 Å². The van der Waals surface area contributed by atoms with Gasteiger partial charge >= 0.3 is 0 Å². The standard InChI is InChI=1S/C10H12FNS/c11-8-1-3-9(4-2-8)13-10-5-6-12-7-10/h1-4,10,12H,5-7H2/t10-/m0/s1. The molecule has 0 radical (unpaired) electrons. The Kier molecular flexibility index (Phi) is 2.86. The Morgan fingerprint density at radius 3 is 2.69 bits per heavy atom. The molecule has 1 aliphatic rings. The zero-order chi connectivity index (χ0) is 9.10. The molecule has 1 nitrogen and oxygen atoms in total. The van der Waals surface area contributed by atoms with Crippen LogP contribution in [0.15, 0.2) is 29.2 Å². The highest BCUT2D eigenvalue weighted by atomic mass is 32.2. The molecule has 0 saturated carbocycles. The lowest BCUT2D eigenvalue weighted by molar-refractivity contribution is 0.626. The van der Waals surface area contributed by atoms with Crippen LogP contribution in [-0.4, -0.2) is 18.3 Å². The van der Waals surface area contributed by atoms with Crippen LogP contribution in [0.3, 0.4) is 0 Å². The van der Waals surface area contributed by atoms with E-state index in [1.807, 2.05) is 23.9 Å². The first-order valence-electron chi connectivity index (χ1n) is 4.47. The van der Waals surface area contributed by atoms with E-state index in [0.717, 1.165) is 18.0 Å². The summed E-state index contributed by atoms with van der Waals surface area (Å²) in [7, 11) is 0. The average Bonchev–Trinajstić information content (AvgIpc) is 2.62. The average molecular weight is 197 g/mol. The van der Waals surface area contributed by atoms with E-state index >= 15 is 0 Å². The molecule has 0 bridgehead atoms. The maximum Gasteiger partial charge on any atom is 0.123 e. The minimum absolute atomic E-state index is 0.158. The summed E-state index contributed by atoms with van der Waals surface area (Å²) in [5.41, 5.74) is 0. The van der Waals surface area contributed by atoms with Crippen LogP contribution in [0.5, 0.6) is 0 Å². The molecule has 1 fully saturated rings. The second-order valence-corrected chi connectivity index (χ2v) is 4.56. The van der Waals surface area contributed by atoms with Gasteiger partial charge in [0.1, 0.15) is 5.82 Å². The summed E-state index contributed by atoms with van der Waals surface area (Å²) in [5.74, 6) is -0.158. The van der Waals surface area contributed by atoms with Gasteiger partial charge in [-0.2, -0.15) is 0 Å². The van der Waals surface area contributed by atoms with Crippen LogP contribution in [0.1, 0.15) is 6.42 Å². The Hall–Kier alpha value is -0.540. The molecule has 1 aromatic carbocycles. The van der Waals surface area contributed by atoms with Gasteiger partial charge in [-0.05, 0) is 37.2 Å². The predicted molar refractivity (Wildman–Crippen MR) is 53.5 cm³/mol. The van der Waals surface area contributed by atoms with Crippen LogP contribution >= 0.6 is 11.8 Å². The van der Waals surface area contributed by atoms with Crippen molar-refractivity contribution in [2.24, 2.45) is 0 Å². The fraction of sp³-hybridized carbons (Fsp3) is 0.400. The Bertz CT molecular complexity index is 267. The van der Waals surface area contributed by atoms with Gasteiger partial charge in [0.15, 0.2) is 0 Å². The molecule has 1 aromatic rings. The highest BCUT2D eigenvalue weighted by Gasteiger charge is 2.15. The molecular weight excluding hydrogens is 185 g/mol. The van der Waals surface area contributed by atoms with Gasteiger partial charge in [-0.15, -0.1) is 11.8 Å². The van der Waals surface area contributed by atoms with Crippen LogP contribution in [0.2, 0.25) is 0 Å². The van der Waals surface area contributed by atoms with E-state index in [9.17, 15) is 4.39 Å². The Morgan fingerprint density at radius 1 is 1.31 bits per heavy atom. The summed E-state index contributed by atoms with van der Waals surface area (Å²) in [6.45, 7) is 2.18. The molecular formula is C10H12FNS. The van der Waals surface area contributed by atoms with Crippen molar-refractivity contribution in [2.45, 2.75) is 16.6 Å². The molecule has 0 spiro atoms. The van der Waals surface area contributed by atoms with Crippen molar-refractivity contribution in [3.8, 4) is 0 Å². The van der Waals surface area contributed by atoms with Gasteiger partial charge in [0, 0.05) is 16.7 Å². The van der Waals surface area contributed by atoms with Crippen molar-refractivity contribution in [2.75, 3.05) is 13.1 Å². The fourth-order valence-electron chi connectivity index (χ4n) is 1.43. The first-order valence-corrected chi connectivity index (χ1v) is 5.35. The first kappa shape index (κ1) is 9.03. The van der Waals surface area contributed by atoms with E-state index in [1.165, 1.54) is 18.6 Å². The van der Waals surface area contributed by atoms with Crippen molar-refractivity contribution in [3.05, 3.63) is 30.1 Å². The zero-order valence-electron chi connectivity index (χ0n) is 7.29. The maximum atomic E-state index is 12.6. The number of nitrogens with one attached hydrogen (secondary N) is 1. The Balaban J connectivity index is 1.97. The lowest BCUT2D eigenvalue weighted by Crippen LogP contribution is -2.09. The van der Waals surface area contributed by atoms with E-state index in [4.69, 9.17) is 0 Å². The molecule has 1 heterocycles. The molecule has 3 heteroatoms. The lowest BCUT2D eigenvalue weighted by Gasteiger charge is -2.06. The minimum Gasteiger partial charge on any atom is -0.316 e. The third-order valence-electron chi connectivity index (χ3n) is 2.13. The van der Waals surface area contributed by atoms with Crippen LogP contribution in [0.25, 0.3) is 0 Å². The smallest absolute Gasteiger partial charge is 0.123 e. The van der Waals surface area contributed by atoms with Crippen LogP contribution < -0.4 is 5.32 Å². The van der Waals surface area contributed by atoms with E-state index in [2.05, 4.69) is 5.32 Å². The number of hydrogen-bond donors (Lipinski definition) is 1. The van der Waals surface area contributed by atoms with Gasteiger partial charge in [-0.1, -0.05) is 0 Å². The quantitative estimate of drug-likeness (QED) is 0.780. The number of benzene rings is 1. The Morgan fingerprint density at radius 2 is 2.08 bits per heavy atom. The normalized spacial score (nSPS) is 22.1. The molecule has 13 heavy (non-hydrogen) atoms. The van der Waals surface area contributed by atoms with E-state index in [-0.39, 0.29) is 5.82 Å². The van der Waals surface area contributed by atoms with Crippen molar-refractivity contribution in [3.63, 3.8) is 0 Å². The van der Waals surface area contributed by atoms with Gasteiger partial charge in [0.25, 0.3) is 0 Å². The van der Waals surface area contributed by atoms with Gasteiger partial charge in [0.2, 0.25) is 0 Å². The zero-order valence-corrected chi connectivity index (χ0v) is 8.11. The molecule has 1 saturated heterocycles. The van der Waals surface area contributed by atoms with Gasteiger partial charge in [-0.25, -0.2) is 4.39 Å². The summed E-state index contributed by atoms with van der Waals surface area (Å²) in [5, 5.41) is 3.97. The molecule has 70 valence electrons. The Labute approximate surface area is 81.7 Å². The second-order valence-electron chi connectivity index (χ2n) is 3.19. The summed E-state index contributed by atoms with van der Waals surface area (Å²) >= 11 is 1.83. The third kappa shape index (κ3) is 2.45. The van der Waals surface area contributed by atoms with Gasteiger partial charge in [0.05, 0.1) is 0 Å². The predicted octanol–water partition coefficient (Wildman–Crippen LogP) is 2.28. The highest BCUT2D eigenvalue weighted by molar-refractivity contribution is 8.00. The third-order valence-corrected chi connectivity index (χ3v) is 3.41. The molecule has 1 aliphatic heterocycles. The van der Waals surface area contributed by atoms with Gasteiger partial charge < -0.3 is 5.32 Å². The molecule has 1 atom stereocenters. The minimum atomic E-state index is -0.158. The molecule has 1 N–H and O–H groups in total. The van der Waals surface area contributed by atoms with E-state index in [0.29, 0.717) is 5.25 Å². The van der Waals surface area contributed by atoms with Crippen molar-refractivity contribution in [1.29, 1.82) is 0 Å². The summed E-state index contributed by atoms with van der Waals surface area (Å²) in [6, 6.07) is 6.73. The summed E-state index contributed by atoms with van der Waals surface area (Å²) in [6.07, 6.45) is 1.21. The van der Waals surface area contributed by atoms with E-state index in [1.54, 1.807) is 0 Å². The highest BCUT2D eigenvalue weighted by Crippen LogP contribution is 2.26. The molecule has 2 rings (SSSR count). The largest absolute Gasteiger partial charge is 0.316 e. The summed E-state index contributed by atoms with van der Waals surface area (Å²) < 4.78 is 12.6.